The zero-order chi connectivity index (χ0) is 14.1. The van der Waals surface area contributed by atoms with E-state index in [1.54, 1.807) is 0 Å². The number of anilines is 1. The van der Waals surface area contributed by atoms with E-state index in [4.69, 9.17) is 4.74 Å². The summed E-state index contributed by atoms with van der Waals surface area (Å²) in [6, 6.07) is 1.92. The third-order valence-electron chi connectivity index (χ3n) is 2.46. The SMILES string of the molecule is CCCNc1cc(CC)nc(CCOCC(F)F)n1. The van der Waals surface area contributed by atoms with E-state index in [-0.39, 0.29) is 6.61 Å². The number of aromatic nitrogens is 2. The van der Waals surface area contributed by atoms with Gasteiger partial charge in [0.2, 0.25) is 0 Å². The summed E-state index contributed by atoms with van der Waals surface area (Å²) in [5.41, 5.74) is 0.942. The predicted octanol–water partition coefficient (Wildman–Crippen LogP) is 2.69. The minimum Gasteiger partial charge on any atom is -0.375 e. The molecule has 0 aliphatic rings. The Labute approximate surface area is 112 Å². The van der Waals surface area contributed by atoms with Gasteiger partial charge in [-0.1, -0.05) is 13.8 Å². The highest BCUT2D eigenvalue weighted by Crippen LogP contribution is 2.08. The summed E-state index contributed by atoms with van der Waals surface area (Å²) in [5.74, 6) is 1.42. The zero-order valence-corrected chi connectivity index (χ0v) is 11.5. The third-order valence-corrected chi connectivity index (χ3v) is 2.46. The van der Waals surface area contributed by atoms with Crippen molar-refractivity contribution >= 4 is 5.82 Å². The summed E-state index contributed by atoms with van der Waals surface area (Å²) in [5, 5.41) is 3.21. The van der Waals surface area contributed by atoms with Crippen LogP contribution in [0, 0.1) is 0 Å². The first-order valence-corrected chi connectivity index (χ1v) is 6.62. The van der Waals surface area contributed by atoms with Gasteiger partial charge in [0.05, 0.1) is 6.61 Å². The highest BCUT2D eigenvalue weighted by atomic mass is 19.3. The monoisotopic (exact) mass is 273 g/mol. The van der Waals surface area contributed by atoms with Gasteiger partial charge in [-0.25, -0.2) is 18.7 Å². The van der Waals surface area contributed by atoms with Gasteiger partial charge < -0.3 is 10.1 Å². The van der Waals surface area contributed by atoms with E-state index < -0.39 is 13.0 Å². The van der Waals surface area contributed by atoms with Gasteiger partial charge in [0.25, 0.3) is 6.43 Å². The lowest BCUT2D eigenvalue weighted by atomic mass is 10.3. The molecule has 1 rings (SSSR count). The number of nitrogens with zero attached hydrogens (tertiary/aromatic N) is 2. The summed E-state index contributed by atoms with van der Waals surface area (Å²) in [4.78, 5) is 8.70. The van der Waals surface area contributed by atoms with E-state index >= 15 is 0 Å². The number of ether oxygens (including phenoxy) is 1. The Morgan fingerprint density at radius 1 is 1.32 bits per heavy atom. The average Bonchev–Trinajstić information content (AvgIpc) is 2.41. The Hall–Kier alpha value is -1.30. The van der Waals surface area contributed by atoms with Crippen molar-refractivity contribution in [2.75, 3.05) is 25.1 Å². The van der Waals surface area contributed by atoms with E-state index in [9.17, 15) is 8.78 Å². The first-order valence-electron chi connectivity index (χ1n) is 6.62. The van der Waals surface area contributed by atoms with E-state index in [1.807, 2.05) is 13.0 Å². The molecule has 0 aliphatic carbocycles. The Morgan fingerprint density at radius 2 is 2.11 bits per heavy atom. The average molecular weight is 273 g/mol. The van der Waals surface area contributed by atoms with Crippen LogP contribution in [-0.4, -0.2) is 36.2 Å². The quantitative estimate of drug-likeness (QED) is 0.703. The fourth-order valence-electron chi connectivity index (χ4n) is 1.52. The van der Waals surface area contributed by atoms with Gasteiger partial charge in [-0.3, -0.25) is 0 Å². The van der Waals surface area contributed by atoms with Crippen LogP contribution in [0.25, 0.3) is 0 Å². The van der Waals surface area contributed by atoms with Crippen LogP contribution in [0.5, 0.6) is 0 Å². The molecule has 0 amide bonds. The Balaban J connectivity index is 2.55. The van der Waals surface area contributed by atoms with Crippen molar-refractivity contribution in [2.45, 2.75) is 39.5 Å². The third kappa shape index (κ3) is 6.42. The minimum atomic E-state index is -2.43. The van der Waals surface area contributed by atoms with Crippen LogP contribution in [0.4, 0.5) is 14.6 Å². The highest BCUT2D eigenvalue weighted by molar-refractivity contribution is 5.36. The number of aryl methyl sites for hydroxylation is 1. The number of halogens is 2. The van der Waals surface area contributed by atoms with Crippen molar-refractivity contribution < 1.29 is 13.5 Å². The lowest BCUT2D eigenvalue weighted by Crippen LogP contribution is -2.11. The molecule has 108 valence electrons. The van der Waals surface area contributed by atoms with Crippen LogP contribution in [0.15, 0.2) is 6.07 Å². The molecular formula is C13H21F2N3O. The molecule has 1 aromatic rings. The molecule has 4 nitrogen and oxygen atoms in total. The van der Waals surface area contributed by atoms with Gasteiger partial charge in [0.15, 0.2) is 0 Å². The second kappa shape index (κ2) is 8.74. The topological polar surface area (TPSA) is 47.0 Å². The summed E-state index contributed by atoms with van der Waals surface area (Å²) >= 11 is 0. The summed E-state index contributed by atoms with van der Waals surface area (Å²) in [6.07, 6.45) is -0.155. The van der Waals surface area contributed by atoms with Gasteiger partial charge in [0.1, 0.15) is 18.2 Å². The van der Waals surface area contributed by atoms with E-state index in [0.717, 1.165) is 30.9 Å². The van der Waals surface area contributed by atoms with E-state index in [2.05, 4.69) is 22.2 Å². The first-order chi connectivity index (χ1) is 9.15. The molecule has 6 heteroatoms. The molecule has 1 N–H and O–H groups in total. The largest absolute Gasteiger partial charge is 0.375 e. The smallest absolute Gasteiger partial charge is 0.261 e. The van der Waals surface area contributed by atoms with E-state index in [0.29, 0.717) is 12.2 Å². The van der Waals surface area contributed by atoms with Crippen LogP contribution < -0.4 is 5.32 Å². The molecule has 0 aromatic carbocycles. The van der Waals surface area contributed by atoms with Crippen LogP contribution in [0.2, 0.25) is 0 Å². The maximum Gasteiger partial charge on any atom is 0.261 e. The maximum absolute atomic E-state index is 11.9. The molecule has 0 aliphatic heterocycles. The molecule has 0 spiro atoms. The van der Waals surface area contributed by atoms with Crippen molar-refractivity contribution in [1.29, 1.82) is 0 Å². The molecule has 1 aromatic heterocycles. The van der Waals surface area contributed by atoms with Crippen molar-refractivity contribution in [1.82, 2.24) is 9.97 Å². The predicted molar refractivity (Wildman–Crippen MR) is 70.7 cm³/mol. The van der Waals surface area contributed by atoms with Crippen molar-refractivity contribution in [3.63, 3.8) is 0 Å². The molecule has 0 bridgehead atoms. The van der Waals surface area contributed by atoms with Gasteiger partial charge in [-0.05, 0) is 12.8 Å². The lowest BCUT2D eigenvalue weighted by molar-refractivity contribution is 0.0183. The van der Waals surface area contributed by atoms with Gasteiger partial charge in [0, 0.05) is 24.7 Å². The molecule has 0 unspecified atom stereocenters. The lowest BCUT2D eigenvalue weighted by Gasteiger charge is -2.09. The van der Waals surface area contributed by atoms with Crippen LogP contribution in [-0.2, 0) is 17.6 Å². The molecule has 0 atom stereocenters. The fraction of sp³-hybridized carbons (Fsp3) is 0.692. The van der Waals surface area contributed by atoms with Crippen LogP contribution in [0.1, 0.15) is 31.8 Å². The van der Waals surface area contributed by atoms with Crippen molar-refractivity contribution in [3.05, 3.63) is 17.6 Å². The molecule has 0 radical (unpaired) electrons. The normalized spacial score (nSPS) is 11.0. The standard InChI is InChI=1S/C13H21F2N3O/c1-3-6-16-13-8-10(4-2)17-12(18-13)5-7-19-9-11(14)15/h8,11H,3-7,9H2,1-2H3,(H,16,17,18). The number of hydrogen-bond acceptors (Lipinski definition) is 4. The Morgan fingerprint density at radius 3 is 2.74 bits per heavy atom. The van der Waals surface area contributed by atoms with Crippen LogP contribution in [0.3, 0.4) is 0 Å². The number of hydrogen-bond donors (Lipinski definition) is 1. The summed E-state index contributed by atoms with van der Waals surface area (Å²) in [7, 11) is 0. The summed E-state index contributed by atoms with van der Waals surface area (Å²) in [6.45, 7) is 4.62. The van der Waals surface area contributed by atoms with E-state index in [1.165, 1.54) is 0 Å². The highest BCUT2D eigenvalue weighted by Gasteiger charge is 2.05. The second-order valence-corrected chi connectivity index (χ2v) is 4.16. The van der Waals surface area contributed by atoms with Crippen molar-refractivity contribution in [3.8, 4) is 0 Å². The van der Waals surface area contributed by atoms with Gasteiger partial charge >= 0.3 is 0 Å². The zero-order valence-electron chi connectivity index (χ0n) is 11.5. The molecule has 19 heavy (non-hydrogen) atoms. The van der Waals surface area contributed by atoms with Gasteiger partial charge in [-0.2, -0.15) is 0 Å². The Kier molecular flexibility index (Phi) is 7.25. The maximum atomic E-state index is 11.9. The Bertz CT molecular complexity index is 375. The first kappa shape index (κ1) is 15.8. The molecule has 0 saturated carbocycles. The number of nitrogens with one attached hydrogen (secondary N) is 1. The number of alkyl halides is 2. The number of rotatable bonds is 9. The second-order valence-electron chi connectivity index (χ2n) is 4.16. The molecule has 0 saturated heterocycles. The summed E-state index contributed by atoms with van der Waals surface area (Å²) < 4.78 is 28.7. The fourth-order valence-corrected chi connectivity index (χ4v) is 1.52. The molecular weight excluding hydrogens is 252 g/mol. The molecule has 0 fully saturated rings. The van der Waals surface area contributed by atoms with Crippen LogP contribution >= 0.6 is 0 Å². The van der Waals surface area contributed by atoms with Crippen molar-refractivity contribution in [2.24, 2.45) is 0 Å². The molecule has 1 heterocycles. The minimum absolute atomic E-state index is 0.213. The van der Waals surface area contributed by atoms with Gasteiger partial charge in [-0.15, -0.1) is 0 Å².